The number of carbonyl (C=O) groups excluding carboxylic acids is 1. The van der Waals surface area contributed by atoms with Crippen LogP contribution in [-0.2, 0) is 4.79 Å². The van der Waals surface area contributed by atoms with Crippen LogP contribution in [0.5, 0.6) is 0 Å². The van der Waals surface area contributed by atoms with E-state index < -0.39 is 0 Å². The summed E-state index contributed by atoms with van der Waals surface area (Å²) in [6, 6.07) is 2.05. The molecule has 20 heavy (non-hydrogen) atoms. The summed E-state index contributed by atoms with van der Waals surface area (Å²) in [6.07, 6.45) is 3.86. The zero-order valence-corrected chi connectivity index (χ0v) is 11.8. The minimum absolute atomic E-state index is 0.356. The Morgan fingerprint density at radius 3 is 2.45 bits per heavy atom. The third kappa shape index (κ3) is 2.05. The molecule has 5 heteroatoms. The molecule has 3 fully saturated rings. The van der Waals surface area contributed by atoms with Crippen LogP contribution in [0.2, 0.25) is 0 Å². The Kier molecular flexibility index (Phi) is 2.69. The molecule has 3 heterocycles. The zero-order valence-electron chi connectivity index (χ0n) is 11.8. The lowest BCUT2D eigenvalue weighted by molar-refractivity contribution is -0.131. The highest BCUT2D eigenvalue weighted by Gasteiger charge is 2.44. The van der Waals surface area contributed by atoms with E-state index in [9.17, 15) is 4.79 Å². The van der Waals surface area contributed by atoms with E-state index in [1.54, 1.807) is 6.33 Å². The minimum atomic E-state index is 0.356. The van der Waals surface area contributed by atoms with Crippen molar-refractivity contribution in [3.05, 3.63) is 18.1 Å². The average Bonchev–Trinajstić information content (AvgIpc) is 3.08. The van der Waals surface area contributed by atoms with E-state index >= 15 is 0 Å². The van der Waals surface area contributed by atoms with Crippen LogP contribution in [0.15, 0.2) is 12.4 Å². The van der Waals surface area contributed by atoms with Gasteiger partial charge in [0.05, 0.1) is 0 Å². The predicted octanol–water partition coefficient (Wildman–Crippen LogP) is 1.09. The molecule has 0 bridgehead atoms. The van der Waals surface area contributed by atoms with E-state index in [0.717, 1.165) is 50.5 Å². The first-order chi connectivity index (χ1) is 9.70. The number of likely N-dealkylation sites (tertiary alicyclic amines) is 1. The fourth-order valence-corrected chi connectivity index (χ4v) is 3.56. The lowest BCUT2D eigenvalue weighted by Gasteiger charge is -2.22. The fraction of sp³-hybridized carbons (Fsp3) is 0.667. The molecule has 4 rings (SSSR count). The highest BCUT2D eigenvalue weighted by molar-refractivity contribution is 5.81. The summed E-state index contributed by atoms with van der Waals surface area (Å²) < 4.78 is 0. The van der Waals surface area contributed by atoms with E-state index in [2.05, 4.69) is 19.8 Å². The van der Waals surface area contributed by atoms with Gasteiger partial charge in [-0.15, -0.1) is 0 Å². The van der Waals surface area contributed by atoms with Crippen molar-refractivity contribution in [3.8, 4) is 0 Å². The molecule has 0 radical (unpaired) electrons. The molecule has 2 atom stereocenters. The standard InChI is InChI=1S/C15H20N4O/c1-10-4-14(17-9-16-10)18-5-12-7-19(8-13(12)6-18)15(20)11-2-3-11/h4,9,11-13H,2-3,5-8H2,1H3. The smallest absolute Gasteiger partial charge is 0.225 e. The fourth-order valence-electron chi connectivity index (χ4n) is 3.56. The summed E-state index contributed by atoms with van der Waals surface area (Å²) in [4.78, 5) is 25.1. The molecule has 106 valence electrons. The van der Waals surface area contributed by atoms with Crippen LogP contribution in [0.1, 0.15) is 18.5 Å². The van der Waals surface area contributed by atoms with Crippen molar-refractivity contribution in [1.29, 1.82) is 0 Å². The number of nitrogens with zero attached hydrogens (tertiary/aromatic N) is 4. The van der Waals surface area contributed by atoms with Gasteiger partial charge in [0, 0.05) is 55.7 Å². The summed E-state index contributed by atoms with van der Waals surface area (Å²) in [5.74, 6) is 3.03. The molecule has 1 aromatic heterocycles. The van der Waals surface area contributed by atoms with Crippen LogP contribution >= 0.6 is 0 Å². The highest BCUT2D eigenvalue weighted by atomic mass is 16.2. The van der Waals surface area contributed by atoms with Crippen LogP contribution in [0.3, 0.4) is 0 Å². The first-order valence-corrected chi connectivity index (χ1v) is 7.53. The predicted molar refractivity (Wildman–Crippen MR) is 75.3 cm³/mol. The molecule has 1 aromatic rings. The minimum Gasteiger partial charge on any atom is -0.356 e. The number of anilines is 1. The number of aryl methyl sites for hydroxylation is 1. The number of hydrogen-bond donors (Lipinski definition) is 0. The molecule has 2 aliphatic heterocycles. The van der Waals surface area contributed by atoms with Gasteiger partial charge in [-0.2, -0.15) is 0 Å². The molecule has 0 N–H and O–H groups in total. The Morgan fingerprint density at radius 1 is 1.15 bits per heavy atom. The number of amides is 1. The number of hydrogen-bond acceptors (Lipinski definition) is 4. The van der Waals surface area contributed by atoms with E-state index in [4.69, 9.17) is 0 Å². The quantitative estimate of drug-likeness (QED) is 0.808. The highest BCUT2D eigenvalue weighted by Crippen LogP contribution is 2.37. The Hall–Kier alpha value is -1.65. The van der Waals surface area contributed by atoms with Crippen LogP contribution in [-0.4, -0.2) is 47.0 Å². The lowest BCUT2D eigenvalue weighted by Crippen LogP contribution is -2.34. The first kappa shape index (κ1) is 12.1. The van der Waals surface area contributed by atoms with Crippen LogP contribution in [0.4, 0.5) is 5.82 Å². The molecule has 0 spiro atoms. The average molecular weight is 272 g/mol. The number of rotatable bonds is 2. The maximum atomic E-state index is 12.1. The van der Waals surface area contributed by atoms with E-state index in [1.165, 1.54) is 0 Å². The maximum Gasteiger partial charge on any atom is 0.225 e. The normalized spacial score (nSPS) is 28.9. The van der Waals surface area contributed by atoms with Gasteiger partial charge in [-0.25, -0.2) is 9.97 Å². The van der Waals surface area contributed by atoms with Gasteiger partial charge in [-0.05, 0) is 19.8 Å². The monoisotopic (exact) mass is 272 g/mol. The second-order valence-corrected chi connectivity index (χ2v) is 6.46. The van der Waals surface area contributed by atoms with Gasteiger partial charge >= 0.3 is 0 Å². The van der Waals surface area contributed by atoms with Crippen molar-refractivity contribution in [3.63, 3.8) is 0 Å². The summed E-state index contributed by atoms with van der Waals surface area (Å²) in [7, 11) is 0. The summed E-state index contributed by atoms with van der Waals surface area (Å²) in [5.41, 5.74) is 1.01. The number of carbonyl (C=O) groups is 1. The van der Waals surface area contributed by atoms with Crippen LogP contribution in [0.25, 0.3) is 0 Å². The molecule has 1 aliphatic carbocycles. The third-order valence-electron chi connectivity index (χ3n) is 4.84. The van der Waals surface area contributed by atoms with Crippen molar-refractivity contribution in [1.82, 2.24) is 14.9 Å². The Balaban J connectivity index is 1.42. The van der Waals surface area contributed by atoms with Gasteiger partial charge in [-0.1, -0.05) is 0 Å². The summed E-state index contributed by atoms with van der Waals surface area (Å²) in [5, 5.41) is 0. The molecule has 3 aliphatic rings. The van der Waals surface area contributed by atoms with Gasteiger partial charge in [-0.3, -0.25) is 4.79 Å². The number of aromatic nitrogens is 2. The van der Waals surface area contributed by atoms with Crippen LogP contribution in [0, 0.1) is 24.7 Å². The second kappa shape index (κ2) is 4.43. The first-order valence-electron chi connectivity index (χ1n) is 7.53. The molecule has 0 aromatic carbocycles. The zero-order chi connectivity index (χ0) is 13.7. The third-order valence-corrected chi connectivity index (χ3v) is 4.84. The molecular weight excluding hydrogens is 252 g/mol. The molecule has 2 saturated heterocycles. The van der Waals surface area contributed by atoms with E-state index in [1.807, 2.05) is 13.0 Å². The molecule has 1 saturated carbocycles. The van der Waals surface area contributed by atoms with Gasteiger partial charge in [0.2, 0.25) is 5.91 Å². The van der Waals surface area contributed by atoms with Crippen molar-refractivity contribution >= 4 is 11.7 Å². The van der Waals surface area contributed by atoms with Gasteiger partial charge < -0.3 is 9.80 Å². The molecular formula is C15H20N4O. The molecule has 2 unspecified atom stereocenters. The second-order valence-electron chi connectivity index (χ2n) is 6.46. The van der Waals surface area contributed by atoms with Crippen molar-refractivity contribution < 1.29 is 4.79 Å². The van der Waals surface area contributed by atoms with E-state index in [-0.39, 0.29) is 0 Å². The van der Waals surface area contributed by atoms with Gasteiger partial charge in [0.15, 0.2) is 0 Å². The summed E-state index contributed by atoms with van der Waals surface area (Å²) in [6.45, 7) is 5.93. The van der Waals surface area contributed by atoms with Crippen molar-refractivity contribution in [2.24, 2.45) is 17.8 Å². The Morgan fingerprint density at radius 2 is 1.85 bits per heavy atom. The largest absolute Gasteiger partial charge is 0.356 e. The molecule has 5 nitrogen and oxygen atoms in total. The van der Waals surface area contributed by atoms with Gasteiger partial charge in [0.25, 0.3) is 0 Å². The van der Waals surface area contributed by atoms with Crippen molar-refractivity contribution in [2.45, 2.75) is 19.8 Å². The Bertz CT molecular complexity index is 528. The van der Waals surface area contributed by atoms with Crippen LogP contribution < -0.4 is 4.90 Å². The van der Waals surface area contributed by atoms with Crippen molar-refractivity contribution in [2.75, 3.05) is 31.1 Å². The molecule has 1 amide bonds. The lowest BCUT2D eigenvalue weighted by atomic mass is 10.0. The Labute approximate surface area is 119 Å². The van der Waals surface area contributed by atoms with E-state index in [0.29, 0.717) is 23.7 Å². The maximum absolute atomic E-state index is 12.1. The van der Waals surface area contributed by atoms with Gasteiger partial charge in [0.1, 0.15) is 12.1 Å². The SMILES string of the molecule is Cc1cc(N2CC3CN(C(=O)C4CC4)CC3C2)ncn1. The number of fused-ring (bicyclic) bond motifs is 1. The summed E-state index contributed by atoms with van der Waals surface area (Å²) >= 11 is 0. The topological polar surface area (TPSA) is 49.3 Å².